The van der Waals surface area contributed by atoms with Gasteiger partial charge in [0, 0.05) is 29.2 Å². The Bertz CT molecular complexity index is 756. The van der Waals surface area contributed by atoms with Crippen molar-refractivity contribution < 1.29 is 18.7 Å². The van der Waals surface area contributed by atoms with E-state index >= 15 is 0 Å². The Morgan fingerprint density at radius 3 is 2.46 bits per heavy atom. The third-order valence-corrected chi connectivity index (χ3v) is 3.85. The minimum atomic E-state index is -0.114. The highest BCUT2D eigenvalue weighted by Crippen LogP contribution is 2.19. The summed E-state index contributed by atoms with van der Waals surface area (Å²) in [4.78, 5) is 25.5. The molecule has 24 heavy (non-hydrogen) atoms. The van der Waals surface area contributed by atoms with Crippen LogP contribution in [0.25, 0.3) is 6.08 Å². The summed E-state index contributed by atoms with van der Waals surface area (Å²) in [6.45, 7) is 3.19. The number of anilines is 1. The second kappa shape index (κ2) is 7.23. The topological polar surface area (TPSA) is 62.8 Å². The summed E-state index contributed by atoms with van der Waals surface area (Å²) in [5, 5.41) is 0. The van der Waals surface area contributed by atoms with E-state index in [1.807, 2.05) is 24.3 Å². The van der Waals surface area contributed by atoms with Gasteiger partial charge in [0.25, 0.3) is 0 Å². The smallest absolute Gasteiger partial charge is 0.402 e. The number of nitrogens with zero attached hydrogens (tertiary/aromatic N) is 2. The molecular formula is C18H19N2O4+. The molecule has 1 fully saturated rings. The molecule has 0 atom stereocenters. The minimum Gasteiger partial charge on any atom is -0.402 e. The monoisotopic (exact) mass is 327 g/mol. The highest BCUT2D eigenvalue weighted by atomic mass is 16.5. The van der Waals surface area contributed by atoms with Gasteiger partial charge in [-0.3, -0.25) is 4.79 Å². The van der Waals surface area contributed by atoms with E-state index in [1.54, 1.807) is 18.2 Å². The number of benzene rings is 1. The molecule has 2 aromatic rings. The molecule has 0 N–H and O–H groups in total. The first kappa shape index (κ1) is 16.1. The van der Waals surface area contributed by atoms with E-state index in [2.05, 4.69) is 4.90 Å². The molecule has 1 aromatic carbocycles. The molecule has 1 saturated heterocycles. The van der Waals surface area contributed by atoms with Crippen molar-refractivity contribution in [2.24, 2.45) is 0 Å². The molecule has 0 aliphatic carbocycles. The fourth-order valence-corrected chi connectivity index (χ4v) is 2.51. The quantitative estimate of drug-likeness (QED) is 0.480. The summed E-state index contributed by atoms with van der Waals surface area (Å²) in [6, 6.07) is 10.7. The summed E-state index contributed by atoms with van der Waals surface area (Å²) >= 11 is 0. The van der Waals surface area contributed by atoms with E-state index in [9.17, 15) is 9.70 Å². The van der Waals surface area contributed by atoms with Crippen LogP contribution < -0.4 is 4.90 Å². The molecule has 1 aliphatic rings. The average Bonchev–Trinajstić information content (AvgIpc) is 3.10. The van der Waals surface area contributed by atoms with E-state index in [-0.39, 0.29) is 11.7 Å². The molecular weight excluding hydrogens is 308 g/mol. The van der Waals surface area contributed by atoms with Gasteiger partial charge in [-0.25, -0.2) is 0 Å². The summed E-state index contributed by atoms with van der Waals surface area (Å²) in [5.41, 5.74) is 1.70. The van der Waals surface area contributed by atoms with Gasteiger partial charge in [0.15, 0.2) is 12.8 Å². The van der Waals surface area contributed by atoms with Crippen LogP contribution in [0.4, 0.5) is 11.6 Å². The Balaban J connectivity index is 1.65. The Hall–Kier alpha value is -2.73. The number of rotatable bonds is 5. The molecule has 0 radical (unpaired) electrons. The number of ketones is 1. The zero-order chi connectivity index (χ0) is 16.9. The van der Waals surface area contributed by atoms with Crippen molar-refractivity contribution >= 4 is 23.4 Å². The first-order chi connectivity index (χ1) is 11.6. The Kier molecular flexibility index (Phi) is 4.86. The van der Waals surface area contributed by atoms with E-state index in [0.29, 0.717) is 16.1 Å². The summed E-state index contributed by atoms with van der Waals surface area (Å²) < 4.78 is 11.3. The first-order valence-corrected chi connectivity index (χ1v) is 7.79. The zero-order valence-corrected chi connectivity index (χ0v) is 13.5. The molecule has 6 nitrogen and oxygen atoms in total. The van der Waals surface area contributed by atoms with Crippen LogP contribution >= 0.6 is 0 Å². The number of carbonyl (C=O) groups is 1. The lowest BCUT2D eigenvalue weighted by Gasteiger charge is -2.28. The maximum Gasteiger partial charge on any atom is 0.420 e. The highest BCUT2D eigenvalue weighted by molar-refractivity contribution is 6.06. The number of hydrogen-bond donors (Lipinski definition) is 0. The summed E-state index contributed by atoms with van der Waals surface area (Å²) in [5.74, 6) is 0.555. The largest absolute Gasteiger partial charge is 0.420 e. The molecule has 1 aliphatic heterocycles. The van der Waals surface area contributed by atoms with Crippen molar-refractivity contribution in [1.82, 2.24) is 0 Å². The van der Waals surface area contributed by atoms with Gasteiger partial charge < -0.3 is 14.1 Å². The number of ether oxygens (including phenoxy) is 1. The van der Waals surface area contributed by atoms with Gasteiger partial charge in [-0.15, -0.1) is 0 Å². The number of allylic oxidation sites excluding steroid dienone is 1. The molecule has 0 bridgehead atoms. The summed E-state index contributed by atoms with van der Waals surface area (Å²) in [7, 11) is 1.35. The predicted octanol–water partition coefficient (Wildman–Crippen LogP) is 3.05. The van der Waals surface area contributed by atoms with Crippen LogP contribution in [0, 0.1) is 4.91 Å². The molecule has 2 heterocycles. The normalized spacial score (nSPS) is 15.0. The van der Waals surface area contributed by atoms with Gasteiger partial charge >= 0.3 is 5.88 Å². The minimum absolute atomic E-state index is 0.114. The third-order valence-electron chi connectivity index (χ3n) is 3.85. The molecule has 124 valence electrons. The van der Waals surface area contributed by atoms with E-state index in [0.717, 1.165) is 32.0 Å². The molecule has 6 heteroatoms. The van der Waals surface area contributed by atoms with Gasteiger partial charge in [0.2, 0.25) is 0 Å². The average molecular weight is 327 g/mol. The van der Waals surface area contributed by atoms with Gasteiger partial charge in [0.05, 0.1) is 24.0 Å². The van der Waals surface area contributed by atoms with Crippen molar-refractivity contribution in [1.29, 1.82) is 0 Å². The predicted molar refractivity (Wildman–Crippen MR) is 90.8 cm³/mol. The van der Waals surface area contributed by atoms with E-state index in [1.165, 1.54) is 13.1 Å². The number of morpholine rings is 1. The fourth-order valence-electron chi connectivity index (χ4n) is 2.51. The Morgan fingerprint density at radius 2 is 1.83 bits per heavy atom. The molecule has 0 unspecified atom stereocenters. The van der Waals surface area contributed by atoms with Crippen molar-refractivity contribution in [2.75, 3.05) is 38.3 Å². The van der Waals surface area contributed by atoms with Crippen LogP contribution in [0.2, 0.25) is 0 Å². The van der Waals surface area contributed by atoms with Gasteiger partial charge in [-0.1, -0.05) is 0 Å². The van der Waals surface area contributed by atoms with Crippen LogP contribution in [0.3, 0.4) is 0 Å². The van der Waals surface area contributed by atoms with Crippen molar-refractivity contribution in [3.63, 3.8) is 0 Å². The van der Waals surface area contributed by atoms with Crippen molar-refractivity contribution in [2.45, 2.75) is 0 Å². The van der Waals surface area contributed by atoms with Crippen LogP contribution in [-0.2, 0) is 4.74 Å². The van der Waals surface area contributed by atoms with Gasteiger partial charge in [-0.2, -0.15) is 0 Å². The zero-order valence-electron chi connectivity index (χ0n) is 13.5. The Morgan fingerprint density at radius 1 is 1.12 bits per heavy atom. The van der Waals surface area contributed by atoms with Crippen LogP contribution in [0.5, 0.6) is 0 Å². The summed E-state index contributed by atoms with van der Waals surface area (Å²) in [6.07, 6.45) is 3.00. The lowest BCUT2D eigenvalue weighted by atomic mass is 10.1. The second-order valence-electron chi connectivity index (χ2n) is 5.52. The number of carbonyl (C=O) groups excluding carboxylic acids is 1. The fraction of sp³-hybridized carbons (Fsp3) is 0.278. The third kappa shape index (κ3) is 3.78. The standard InChI is InChI=1S/C18H19N2O4/c1-19(22)18-9-7-16(24-18)6-8-17(21)14-2-4-15(5-3-14)20-10-12-23-13-11-20/h2-9H,10-13H2,1H3/q+1/b8-6+. The molecule has 0 spiro atoms. The van der Waals surface area contributed by atoms with E-state index in [4.69, 9.17) is 9.15 Å². The lowest BCUT2D eigenvalue weighted by molar-refractivity contribution is -0.444. The molecule has 0 amide bonds. The second-order valence-corrected chi connectivity index (χ2v) is 5.52. The number of furan rings is 1. The van der Waals surface area contributed by atoms with Crippen LogP contribution in [0.15, 0.2) is 46.9 Å². The highest BCUT2D eigenvalue weighted by Gasteiger charge is 2.13. The van der Waals surface area contributed by atoms with Crippen LogP contribution in [-0.4, -0.2) is 43.9 Å². The number of nitroso groups, excluding NO2 is 1. The van der Waals surface area contributed by atoms with Crippen LogP contribution in [0.1, 0.15) is 16.1 Å². The number of hydrogen-bond acceptors (Lipinski definition) is 5. The first-order valence-electron chi connectivity index (χ1n) is 7.79. The molecule has 3 rings (SSSR count). The van der Waals surface area contributed by atoms with Gasteiger partial charge in [-0.05, 0) is 42.5 Å². The molecule has 1 aromatic heterocycles. The maximum atomic E-state index is 12.2. The van der Waals surface area contributed by atoms with Crippen molar-refractivity contribution in [3.8, 4) is 0 Å². The Labute approximate surface area is 139 Å². The molecule has 0 saturated carbocycles. The SMILES string of the molecule is C[N+](=O)c1ccc(/C=C/C(=O)c2ccc(N3CCOCC3)cc2)o1. The van der Waals surface area contributed by atoms with Crippen molar-refractivity contribution in [3.05, 3.63) is 58.7 Å². The maximum absolute atomic E-state index is 12.2. The van der Waals surface area contributed by atoms with Gasteiger partial charge in [0.1, 0.15) is 5.76 Å². The lowest BCUT2D eigenvalue weighted by Crippen LogP contribution is -2.36. The van der Waals surface area contributed by atoms with E-state index < -0.39 is 0 Å².